The first kappa shape index (κ1) is 18.4. The van der Waals surface area contributed by atoms with Crippen molar-refractivity contribution in [2.75, 3.05) is 19.8 Å². The lowest BCUT2D eigenvalue weighted by Gasteiger charge is -2.33. The molecule has 4 atom stereocenters. The number of hydrogen-bond acceptors (Lipinski definition) is 4. The van der Waals surface area contributed by atoms with Gasteiger partial charge in [-0.25, -0.2) is 0 Å². The van der Waals surface area contributed by atoms with Crippen LogP contribution in [0.15, 0.2) is 24.3 Å². The number of allylic oxidation sites excluding steroid dienone is 2. The minimum absolute atomic E-state index is 0.00365. The van der Waals surface area contributed by atoms with Crippen LogP contribution in [0.25, 0.3) is 0 Å². The Morgan fingerprint density at radius 2 is 1.95 bits per heavy atom. The molecule has 1 aliphatic rings. The summed E-state index contributed by atoms with van der Waals surface area (Å²) in [6.45, 7) is 9.45. The molecule has 0 radical (unpaired) electrons. The maximum atomic E-state index is 9.39. The van der Waals surface area contributed by atoms with Crippen molar-refractivity contribution in [2.45, 2.75) is 51.9 Å². The van der Waals surface area contributed by atoms with Crippen LogP contribution in [0, 0.1) is 11.8 Å². The highest BCUT2D eigenvalue weighted by molar-refractivity contribution is 5.16. The number of ether oxygens (including phenoxy) is 1. The van der Waals surface area contributed by atoms with E-state index in [0.29, 0.717) is 5.92 Å². The number of rotatable bonds is 9. The summed E-state index contributed by atoms with van der Waals surface area (Å²) < 4.78 is 5.70. The van der Waals surface area contributed by atoms with Crippen LogP contribution in [-0.2, 0) is 4.74 Å². The number of nitrogens with one attached hydrogen (secondary N) is 1. The molecule has 0 aromatic heterocycles. The Morgan fingerprint density at radius 1 is 1.29 bits per heavy atom. The molecule has 0 heterocycles. The summed E-state index contributed by atoms with van der Waals surface area (Å²) in [6, 6.07) is 0. The lowest BCUT2D eigenvalue weighted by Crippen LogP contribution is -2.44. The quantitative estimate of drug-likeness (QED) is 0.608. The summed E-state index contributed by atoms with van der Waals surface area (Å²) in [6.07, 6.45) is 8.80. The average Bonchev–Trinajstić information content (AvgIpc) is 2.50. The van der Waals surface area contributed by atoms with E-state index in [-0.39, 0.29) is 30.8 Å². The molecule has 0 aliphatic heterocycles. The summed E-state index contributed by atoms with van der Waals surface area (Å²) >= 11 is 0. The molecule has 4 heteroatoms. The van der Waals surface area contributed by atoms with Gasteiger partial charge in [-0.15, -0.1) is 0 Å². The van der Waals surface area contributed by atoms with Crippen molar-refractivity contribution in [3.8, 4) is 0 Å². The Labute approximate surface area is 128 Å². The second-order valence-corrected chi connectivity index (χ2v) is 6.50. The largest absolute Gasteiger partial charge is 0.394 e. The Kier molecular flexibility index (Phi) is 7.60. The third-order valence-electron chi connectivity index (χ3n) is 4.30. The standard InChI is InChI=1S/C17H31NO3/c1-5-17(3,4)18-10-14-8-6-7-9-16(14)13(2)21-12-15(20)11-19/h6-9,13-16,18-20H,5,10-12H2,1-4H3. The fourth-order valence-corrected chi connectivity index (χ4v) is 2.32. The SMILES string of the molecule is CCC(C)(C)NCC1C=CC=CC1C(C)OCC(O)CO. The fraction of sp³-hybridized carbons (Fsp3) is 0.765. The van der Waals surface area contributed by atoms with Crippen LogP contribution >= 0.6 is 0 Å². The van der Waals surface area contributed by atoms with E-state index in [1.54, 1.807) is 0 Å². The molecule has 0 saturated heterocycles. The molecule has 3 N–H and O–H groups in total. The minimum Gasteiger partial charge on any atom is -0.394 e. The average molecular weight is 297 g/mol. The van der Waals surface area contributed by atoms with E-state index >= 15 is 0 Å². The number of hydrogen-bond donors (Lipinski definition) is 3. The molecule has 1 aliphatic carbocycles. The molecular weight excluding hydrogens is 266 g/mol. The highest BCUT2D eigenvalue weighted by Crippen LogP contribution is 2.25. The van der Waals surface area contributed by atoms with Crippen molar-refractivity contribution in [2.24, 2.45) is 11.8 Å². The third kappa shape index (κ3) is 6.30. The first-order valence-corrected chi connectivity index (χ1v) is 7.90. The molecular formula is C17H31NO3. The topological polar surface area (TPSA) is 61.7 Å². The summed E-state index contributed by atoms with van der Waals surface area (Å²) in [5.41, 5.74) is 0.136. The summed E-state index contributed by atoms with van der Waals surface area (Å²) in [7, 11) is 0. The molecule has 0 bridgehead atoms. The molecule has 0 spiro atoms. The Balaban J connectivity index is 2.53. The fourth-order valence-electron chi connectivity index (χ4n) is 2.32. The van der Waals surface area contributed by atoms with E-state index in [1.807, 2.05) is 6.92 Å². The van der Waals surface area contributed by atoms with Gasteiger partial charge >= 0.3 is 0 Å². The van der Waals surface area contributed by atoms with Gasteiger partial charge in [0.25, 0.3) is 0 Å². The monoisotopic (exact) mass is 297 g/mol. The van der Waals surface area contributed by atoms with Crippen molar-refractivity contribution in [3.05, 3.63) is 24.3 Å². The predicted octanol–water partition coefficient (Wildman–Crippen LogP) is 1.88. The highest BCUT2D eigenvalue weighted by Gasteiger charge is 2.27. The van der Waals surface area contributed by atoms with Gasteiger partial charge < -0.3 is 20.3 Å². The van der Waals surface area contributed by atoms with E-state index < -0.39 is 6.10 Å². The van der Waals surface area contributed by atoms with Crippen LogP contribution in [0.1, 0.15) is 34.1 Å². The van der Waals surface area contributed by atoms with Crippen LogP contribution < -0.4 is 5.32 Å². The smallest absolute Gasteiger partial charge is 0.100 e. The Hall–Kier alpha value is -0.680. The Bertz CT molecular complexity index is 352. The maximum absolute atomic E-state index is 9.39. The summed E-state index contributed by atoms with van der Waals surface area (Å²) in [5.74, 6) is 0.656. The van der Waals surface area contributed by atoms with E-state index in [0.717, 1.165) is 13.0 Å². The van der Waals surface area contributed by atoms with Crippen LogP contribution in [0.4, 0.5) is 0 Å². The van der Waals surface area contributed by atoms with Gasteiger partial charge in [-0.2, -0.15) is 0 Å². The van der Waals surface area contributed by atoms with Gasteiger partial charge in [0.05, 0.1) is 19.3 Å². The zero-order valence-corrected chi connectivity index (χ0v) is 13.7. The van der Waals surface area contributed by atoms with Crippen molar-refractivity contribution in [3.63, 3.8) is 0 Å². The van der Waals surface area contributed by atoms with Crippen LogP contribution in [-0.4, -0.2) is 47.7 Å². The van der Waals surface area contributed by atoms with Crippen molar-refractivity contribution < 1.29 is 14.9 Å². The Morgan fingerprint density at radius 3 is 2.57 bits per heavy atom. The summed E-state index contributed by atoms with van der Waals surface area (Å²) in [4.78, 5) is 0. The van der Waals surface area contributed by atoms with Gasteiger partial charge in [0.2, 0.25) is 0 Å². The lowest BCUT2D eigenvalue weighted by molar-refractivity contribution is -0.0405. The van der Waals surface area contributed by atoms with Gasteiger partial charge in [0, 0.05) is 18.0 Å². The molecule has 0 saturated carbocycles. The molecule has 0 amide bonds. The van der Waals surface area contributed by atoms with E-state index in [2.05, 4.69) is 50.4 Å². The van der Waals surface area contributed by atoms with E-state index in [4.69, 9.17) is 9.84 Å². The molecule has 1 rings (SSSR count). The number of aliphatic hydroxyl groups excluding tert-OH is 2. The third-order valence-corrected chi connectivity index (χ3v) is 4.30. The van der Waals surface area contributed by atoms with Gasteiger partial charge in [-0.3, -0.25) is 0 Å². The van der Waals surface area contributed by atoms with Gasteiger partial charge in [-0.05, 0) is 33.1 Å². The first-order chi connectivity index (χ1) is 9.89. The molecule has 0 aromatic rings. The number of aliphatic hydroxyl groups is 2. The van der Waals surface area contributed by atoms with Gasteiger partial charge in [0.1, 0.15) is 6.10 Å². The highest BCUT2D eigenvalue weighted by atomic mass is 16.5. The zero-order chi connectivity index (χ0) is 15.9. The van der Waals surface area contributed by atoms with Gasteiger partial charge in [-0.1, -0.05) is 31.2 Å². The van der Waals surface area contributed by atoms with Crippen LogP contribution in [0.2, 0.25) is 0 Å². The van der Waals surface area contributed by atoms with Crippen molar-refractivity contribution in [1.29, 1.82) is 0 Å². The zero-order valence-electron chi connectivity index (χ0n) is 13.7. The van der Waals surface area contributed by atoms with Crippen LogP contribution in [0.3, 0.4) is 0 Å². The van der Waals surface area contributed by atoms with Crippen molar-refractivity contribution in [1.82, 2.24) is 5.32 Å². The molecule has 21 heavy (non-hydrogen) atoms. The molecule has 0 fully saturated rings. The lowest BCUT2D eigenvalue weighted by atomic mass is 9.84. The summed E-state index contributed by atoms with van der Waals surface area (Å²) in [5, 5.41) is 21.8. The predicted molar refractivity (Wildman–Crippen MR) is 86.1 cm³/mol. The van der Waals surface area contributed by atoms with E-state index in [1.165, 1.54) is 0 Å². The van der Waals surface area contributed by atoms with Gasteiger partial charge in [0.15, 0.2) is 0 Å². The molecule has 0 aromatic carbocycles. The normalized spacial score (nSPS) is 25.0. The molecule has 4 unspecified atom stereocenters. The first-order valence-electron chi connectivity index (χ1n) is 7.90. The van der Waals surface area contributed by atoms with Crippen molar-refractivity contribution >= 4 is 0 Å². The molecule has 4 nitrogen and oxygen atoms in total. The minimum atomic E-state index is -0.800. The second-order valence-electron chi connectivity index (χ2n) is 6.50. The maximum Gasteiger partial charge on any atom is 0.100 e. The van der Waals surface area contributed by atoms with Crippen LogP contribution in [0.5, 0.6) is 0 Å². The second kappa shape index (κ2) is 8.69. The van der Waals surface area contributed by atoms with E-state index in [9.17, 15) is 5.11 Å². The molecule has 122 valence electrons.